The molecule has 16 heavy (non-hydrogen) atoms. The molecule has 4 heteroatoms. The van der Waals surface area contributed by atoms with Crippen LogP contribution in [-0.2, 0) is 6.42 Å². The largest absolute Gasteiger partial charge is 0.389 e. The Morgan fingerprint density at radius 2 is 1.75 bits per heavy atom. The second-order valence-electron chi connectivity index (χ2n) is 3.59. The molecule has 0 heterocycles. The first kappa shape index (κ1) is 12.7. The number of benzene rings is 1. The van der Waals surface area contributed by atoms with Crippen LogP contribution in [0.2, 0.25) is 0 Å². The van der Waals surface area contributed by atoms with Gasteiger partial charge >= 0.3 is 6.18 Å². The average molecular weight is 230 g/mol. The maximum Gasteiger partial charge on any atom is 0.389 e. The fourth-order valence-corrected chi connectivity index (χ4v) is 1.35. The molecule has 0 bridgehead atoms. The van der Waals surface area contributed by atoms with Gasteiger partial charge in [-0.25, -0.2) is 0 Å². The van der Waals surface area contributed by atoms with E-state index < -0.39 is 12.6 Å². The van der Waals surface area contributed by atoms with Gasteiger partial charge in [-0.15, -0.1) is 0 Å². The molecule has 0 saturated heterocycles. The summed E-state index contributed by atoms with van der Waals surface area (Å²) in [5.74, 6) is 0.00220. The molecule has 0 N–H and O–H groups in total. The normalized spacial score (nSPS) is 11.5. The molecule has 88 valence electrons. The van der Waals surface area contributed by atoms with Gasteiger partial charge < -0.3 is 0 Å². The molecule has 1 rings (SSSR count). The highest BCUT2D eigenvalue weighted by atomic mass is 19.4. The summed E-state index contributed by atoms with van der Waals surface area (Å²) in [5.41, 5.74) is 1.16. The minimum Gasteiger partial charge on any atom is -0.294 e. The lowest BCUT2D eigenvalue weighted by Crippen LogP contribution is -2.08. The Balaban J connectivity index is 2.62. The molecule has 0 aliphatic heterocycles. The van der Waals surface area contributed by atoms with Gasteiger partial charge in [0.25, 0.3) is 0 Å². The highest BCUT2D eigenvalue weighted by Gasteiger charge is 2.26. The number of aryl methyl sites for hydroxylation is 1. The van der Waals surface area contributed by atoms with Gasteiger partial charge in [-0.2, -0.15) is 13.2 Å². The molecule has 1 aromatic carbocycles. The van der Waals surface area contributed by atoms with Crippen LogP contribution in [0, 0.1) is 0 Å². The lowest BCUT2D eigenvalue weighted by atomic mass is 10.0. The molecule has 0 aromatic heterocycles. The molecule has 0 fully saturated rings. The first-order chi connectivity index (χ1) is 7.42. The Bertz CT molecular complexity index is 352. The van der Waals surface area contributed by atoms with E-state index in [4.69, 9.17) is 0 Å². The Labute approximate surface area is 92.3 Å². The van der Waals surface area contributed by atoms with Crippen LogP contribution in [0.25, 0.3) is 0 Å². The summed E-state index contributed by atoms with van der Waals surface area (Å²) < 4.78 is 35.8. The van der Waals surface area contributed by atoms with Crippen LogP contribution in [0.5, 0.6) is 0 Å². The van der Waals surface area contributed by atoms with Crippen molar-refractivity contribution in [3.05, 3.63) is 35.4 Å². The van der Waals surface area contributed by atoms with E-state index in [1.54, 1.807) is 31.2 Å². The fraction of sp³-hybridized carbons (Fsp3) is 0.417. The summed E-state index contributed by atoms with van der Waals surface area (Å²) >= 11 is 0. The van der Waals surface area contributed by atoms with Crippen molar-refractivity contribution in [3.63, 3.8) is 0 Å². The summed E-state index contributed by atoms with van der Waals surface area (Å²) in [4.78, 5) is 11.3. The van der Waals surface area contributed by atoms with Crippen LogP contribution in [0.3, 0.4) is 0 Å². The number of halogens is 3. The zero-order valence-corrected chi connectivity index (χ0v) is 8.97. The topological polar surface area (TPSA) is 17.1 Å². The van der Waals surface area contributed by atoms with E-state index in [1.165, 1.54) is 0 Å². The Hall–Kier alpha value is -1.32. The van der Waals surface area contributed by atoms with Gasteiger partial charge in [0, 0.05) is 18.4 Å². The van der Waals surface area contributed by atoms with Gasteiger partial charge in [0.15, 0.2) is 5.78 Å². The molecule has 1 aromatic rings. The molecule has 0 aliphatic rings. The highest BCUT2D eigenvalue weighted by Crippen LogP contribution is 2.22. The van der Waals surface area contributed by atoms with Crippen molar-refractivity contribution in [3.8, 4) is 0 Å². The van der Waals surface area contributed by atoms with Crippen molar-refractivity contribution >= 4 is 5.78 Å². The van der Waals surface area contributed by atoms with Crippen LogP contribution in [0.1, 0.15) is 35.7 Å². The summed E-state index contributed by atoms with van der Waals surface area (Å²) in [7, 11) is 0. The molecule has 0 unspecified atom stereocenters. The first-order valence-electron chi connectivity index (χ1n) is 5.11. The van der Waals surface area contributed by atoms with Crippen LogP contribution in [-0.4, -0.2) is 12.0 Å². The third-order valence-corrected chi connectivity index (χ3v) is 2.29. The van der Waals surface area contributed by atoms with Gasteiger partial charge in [0.1, 0.15) is 0 Å². The molecule has 0 radical (unpaired) electrons. The number of rotatable bonds is 4. The lowest BCUT2D eigenvalue weighted by Gasteiger charge is -2.06. The van der Waals surface area contributed by atoms with Gasteiger partial charge in [0.2, 0.25) is 0 Å². The molecule has 0 atom stereocenters. The number of carbonyl (C=O) groups is 1. The number of hydrogen-bond donors (Lipinski definition) is 0. The van der Waals surface area contributed by atoms with E-state index in [2.05, 4.69) is 0 Å². The van der Waals surface area contributed by atoms with Crippen molar-refractivity contribution in [1.29, 1.82) is 0 Å². The second-order valence-corrected chi connectivity index (χ2v) is 3.59. The van der Waals surface area contributed by atoms with E-state index in [0.717, 1.165) is 0 Å². The van der Waals surface area contributed by atoms with Crippen LogP contribution >= 0.6 is 0 Å². The van der Waals surface area contributed by atoms with Crippen LogP contribution < -0.4 is 0 Å². The average Bonchev–Trinajstić information content (AvgIpc) is 2.25. The number of ketones is 1. The SMILES string of the molecule is CCC(=O)c1ccc(CCC(F)(F)F)cc1. The summed E-state index contributed by atoms with van der Waals surface area (Å²) in [6, 6.07) is 6.32. The Morgan fingerprint density at radius 3 is 2.19 bits per heavy atom. The minimum atomic E-state index is -4.13. The summed E-state index contributed by atoms with van der Waals surface area (Å²) in [6.45, 7) is 1.75. The van der Waals surface area contributed by atoms with Gasteiger partial charge in [0.05, 0.1) is 0 Å². The van der Waals surface area contributed by atoms with Crippen molar-refractivity contribution in [2.45, 2.75) is 32.4 Å². The van der Waals surface area contributed by atoms with Crippen molar-refractivity contribution in [1.82, 2.24) is 0 Å². The predicted molar refractivity (Wildman–Crippen MR) is 55.4 cm³/mol. The molecular weight excluding hydrogens is 217 g/mol. The predicted octanol–water partition coefficient (Wildman–Crippen LogP) is 3.77. The first-order valence-corrected chi connectivity index (χ1v) is 5.11. The highest BCUT2D eigenvalue weighted by molar-refractivity contribution is 5.95. The molecule has 0 aliphatic carbocycles. The van der Waals surface area contributed by atoms with E-state index in [-0.39, 0.29) is 12.2 Å². The van der Waals surface area contributed by atoms with E-state index in [0.29, 0.717) is 17.5 Å². The molecule has 0 saturated carbocycles. The van der Waals surface area contributed by atoms with Gasteiger partial charge in [-0.3, -0.25) is 4.79 Å². The van der Waals surface area contributed by atoms with Crippen LogP contribution in [0.4, 0.5) is 13.2 Å². The van der Waals surface area contributed by atoms with Crippen molar-refractivity contribution in [2.24, 2.45) is 0 Å². The molecule has 0 spiro atoms. The van der Waals surface area contributed by atoms with E-state index >= 15 is 0 Å². The number of Topliss-reactive ketones (excluding diaryl/α,β-unsaturated/α-hetero) is 1. The van der Waals surface area contributed by atoms with E-state index in [9.17, 15) is 18.0 Å². The smallest absolute Gasteiger partial charge is 0.294 e. The van der Waals surface area contributed by atoms with Crippen LogP contribution in [0.15, 0.2) is 24.3 Å². The van der Waals surface area contributed by atoms with Crippen molar-refractivity contribution in [2.75, 3.05) is 0 Å². The minimum absolute atomic E-state index is 0.00220. The Morgan fingerprint density at radius 1 is 1.19 bits per heavy atom. The van der Waals surface area contributed by atoms with Gasteiger partial charge in [-0.1, -0.05) is 31.2 Å². The maximum atomic E-state index is 11.9. The summed E-state index contributed by atoms with van der Waals surface area (Å²) in [6.07, 6.45) is -4.59. The third-order valence-electron chi connectivity index (χ3n) is 2.29. The zero-order chi connectivity index (χ0) is 12.2. The molecule has 0 amide bonds. The zero-order valence-electron chi connectivity index (χ0n) is 8.97. The van der Waals surface area contributed by atoms with E-state index in [1.807, 2.05) is 0 Å². The Kier molecular flexibility index (Phi) is 4.10. The fourth-order valence-electron chi connectivity index (χ4n) is 1.35. The maximum absolute atomic E-state index is 11.9. The quantitative estimate of drug-likeness (QED) is 0.719. The number of hydrogen-bond acceptors (Lipinski definition) is 1. The molecule has 1 nitrogen and oxygen atoms in total. The molecular formula is C12H13F3O. The lowest BCUT2D eigenvalue weighted by molar-refractivity contribution is -0.133. The second kappa shape index (κ2) is 5.14. The monoisotopic (exact) mass is 230 g/mol. The standard InChI is InChI=1S/C12H13F3O/c1-2-11(16)10-5-3-9(4-6-10)7-8-12(13,14)15/h3-6H,2,7-8H2,1H3. The number of carbonyl (C=O) groups excluding carboxylic acids is 1. The van der Waals surface area contributed by atoms with Gasteiger partial charge in [-0.05, 0) is 12.0 Å². The third kappa shape index (κ3) is 4.04. The summed E-state index contributed by atoms with van der Waals surface area (Å²) in [5, 5.41) is 0. The van der Waals surface area contributed by atoms with Crippen molar-refractivity contribution < 1.29 is 18.0 Å². The number of alkyl halides is 3.